The molecule has 0 aromatic heterocycles. The summed E-state index contributed by atoms with van der Waals surface area (Å²) in [6.45, 7) is 3.47. The van der Waals surface area contributed by atoms with Gasteiger partial charge in [0.05, 0.1) is 11.8 Å². The number of carboxylic acid groups (broad SMARTS) is 1. The van der Waals surface area contributed by atoms with Crippen molar-refractivity contribution in [1.82, 2.24) is 10.6 Å². The lowest BCUT2D eigenvalue weighted by atomic mass is 9.74. The van der Waals surface area contributed by atoms with Gasteiger partial charge in [0.15, 0.2) is 0 Å². The summed E-state index contributed by atoms with van der Waals surface area (Å²) >= 11 is 0. The molecule has 1 rings (SSSR count). The first kappa shape index (κ1) is 16.4. The van der Waals surface area contributed by atoms with Crippen LogP contribution in [0.1, 0.15) is 39.0 Å². The Bertz CT molecular complexity index is 372. The molecule has 7 nitrogen and oxygen atoms in total. The summed E-state index contributed by atoms with van der Waals surface area (Å²) in [6, 6.07) is -1.25. The SMILES string of the molecule is CCCC1(C(=O)NC(CC(N)=O)C(=O)O)CCNCC1. The van der Waals surface area contributed by atoms with Crippen LogP contribution < -0.4 is 16.4 Å². The van der Waals surface area contributed by atoms with Gasteiger partial charge < -0.3 is 21.5 Å². The van der Waals surface area contributed by atoms with E-state index < -0.39 is 23.3 Å². The second-order valence-electron chi connectivity index (χ2n) is 5.32. The number of hydrogen-bond acceptors (Lipinski definition) is 4. The van der Waals surface area contributed by atoms with E-state index in [2.05, 4.69) is 10.6 Å². The number of rotatable bonds is 7. The van der Waals surface area contributed by atoms with Crippen LogP contribution in [0.5, 0.6) is 0 Å². The van der Waals surface area contributed by atoms with Crippen LogP contribution in [0.3, 0.4) is 0 Å². The molecule has 0 bridgehead atoms. The standard InChI is InChI=1S/C13H23N3O4/c1-2-3-13(4-6-15-7-5-13)12(20)16-9(11(18)19)8-10(14)17/h9,15H,2-8H2,1H3,(H2,14,17)(H,16,20)(H,18,19). The first-order chi connectivity index (χ1) is 9.41. The van der Waals surface area contributed by atoms with Crippen LogP contribution in [0.4, 0.5) is 0 Å². The van der Waals surface area contributed by atoms with Gasteiger partial charge in [0.2, 0.25) is 11.8 Å². The number of amides is 2. The highest BCUT2D eigenvalue weighted by atomic mass is 16.4. The van der Waals surface area contributed by atoms with E-state index in [9.17, 15) is 14.4 Å². The molecule has 0 radical (unpaired) electrons. The third-order valence-corrected chi connectivity index (χ3v) is 3.78. The summed E-state index contributed by atoms with van der Waals surface area (Å²) in [4.78, 5) is 34.4. The van der Waals surface area contributed by atoms with Crippen molar-refractivity contribution in [3.63, 3.8) is 0 Å². The minimum absolute atomic E-state index is 0.283. The molecule has 114 valence electrons. The van der Waals surface area contributed by atoms with Crippen LogP contribution in [0.25, 0.3) is 0 Å². The normalized spacial score (nSPS) is 19.1. The minimum atomic E-state index is -1.25. The van der Waals surface area contributed by atoms with Gasteiger partial charge in [0.1, 0.15) is 6.04 Å². The predicted molar refractivity (Wildman–Crippen MR) is 72.8 cm³/mol. The average Bonchev–Trinajstić information content (AvgIpc) is 2.38. The van der Waals surface area contributed by atoms with Crippen molar-refractivity contribution < 1.29 is 19.5 Å². The van der Waals surface area contributed by atoms with E-state index in [-0.39, 0.29) is 12.3 Å². The van der Waals surface area contributed by atoms with Crippen LogP contribution in [0.2, 0.25) is 0 Å². The lowest BCUT2D eigenvalue weighted by molar-refractivity contribution is -0.145. The number of carbonyl (C=O) groups excluding carboxylic acids is 2. The molecule has 0 saturated carbocycles. The molecule has 2 amide bonds. The molecule has 0 aliphatic carbocycles. The van der Waals surface area contributed by atoms with Crippen LogP contribution in [-0.4, -0.2) is 42.0 Å². The number of piperidine rings is 1. The van der Waals surface area contributed by atoms with E-state index in [1.54, 1.807) is 0 Å². The van der Waals surface area contributed by atoms with Gasteiger partial charge in [-0.1, -0.05) is 13.3 Å². The molecule has 0 aromatic carbocycles. The Morgan fingerprint density at radius 3 is 2.40 bits per heavy atom. The lowest BCUT2D eigenvalue weighted by Crippen LogP contribution is -2.52. The largest absolute Gasteiger partial charge is 0.480 e. The molecule has 5 N–H and O–H groups in total. The molecule has 1 heterocycles. The summed E-state index contributed by atoms with van der Waals surface area (Å²) in [5, 5.41) is 14.7. The van der Waals surface area contributed by atoms with Gasteiger partial charge in [-0.25, -0.2) is 4.79 Å². The fraction of sp³-hybridized carbons (Fsp3) is 0.769. The molecular formula is C13H23N3O4. The quantitative estimate of drug-likeness (QED) is 0.507. The fourth-order valence-corrected chi connectivity index (χ4v) is 2.69. The number of hydrogen-bond donors (Lipinski definition) is 4. The topological polar surface area (TPSA) is 122 Å². The molecule has 1 aliphatic heterocycles. The Labute approximate surface area is 118 Å². The molecule has 1 atom stereocenters. The van der Waals surface area contributed by atoms with Gasteiger partial charge in [0.25, 0.3) is 0 Å². The second-order valence-corrected chi connectivity index (χ2v) is 5.32. The van der Waals surface area contributed by atoms with Crippen molar-refractivity contribution in [3.05, 3.63) is 0 Å². The summed E-state index contributed by atoms with van der Waals surface area (Å²) in [5.41, 5.74) is 4.48. The van der Waals surface area contributed by atoms with Crippen molar-refractivity contribution in [2.24, 2.45) is 11.1 Å². The summed E-state index contributed by atoms with van der Waals surface area (Å²) < 4.78 is 0. The molecule has 1 unspecified atom stereocenters. The van der Waals surface area contributed by atoms with Crippen molar-refractivity contribution in [3.8, 4) is 0 Å². The van der Waals surface area contributed by atoms with E-state index in [1.807, 2.05) is 6.92 Å². The third kappa shape index (κ3) is 4.19. The highest BCUT2D eigenvalue weighted by Crippen LogP contribution is 2.34. The molecule has 0 spiro atoms. The number of nitrogens with one attached hydrogen (secondary N) is 2. The number of nitrogens with two attached hydrogens (primary N) is 1. The summed E-state index contributed by atoms with van der Waals surface area (Å²) in [7, 11) is 0. The van der Waals surface area contributed by atoms with Gasteiger partial charge in [0, 0.05) is 0 Å². The van der Waals surface area contributed by atoms with Gasteiger partial charge in [-0.2, -0.15) is 0 Å². The smallest absolute Gasteiger partial charge is 0.326 e. The lowest BCUT2D eigenvalue weighted by Gasteiger charge is -2.36. The van der Waals surface area contributed by atoms with E-state index in [4.69, 9.17) is 10.8 Å². The van der Waals surface area contributed by atoms with E-state index >= 15 is 0 Å². The Morgan fingerprint density at radius 2 is 1.95 bits per heavy atom. The summed E-state index contributed by atoms with van der Waals surface area (Å²) in [6.07, 6.45) is 2.52. The van der Waals surface area contributed by atoms with E-state index in [1.165, 1.54) is 0 Å². The fourth-order valence-electron chi connectivity index (χ4n) is 2.69. The number of carbonyl (C=O) groups is 3. The molecule has 20 heavy (non-hydrogen) atoms. The number of aliphatic carboxylic acids is 1. The molecule has 7 heteroatoms. The molecule has 1 fully saturated rings. The Kier molecular flexibility index (Phi) is 5.94. The van der Waals surface area contributed by atoms with Gasteiger partial charge >= 0.3 is 5.97 Å². The predicted octanol–water partition coefficient (Wildman–Crippen LogP) is -0.399. The van der Waals surface area contributed by atoms with Crippen LogP contribution in [0, 0.1) is 5.41 Å². The third-order valence-electron chi connectivity index (χ3n) is 3.78. The maximum absolute atomic E-state index is 12.5. The first-order valence-electron chi connectivity index (χ1n) is 6.94. The van der Waals surface area contributed by atoms with Crippen molar-refractivity contribution in [2.45, 2.75) is 45.1 Å². The number of primary amides is 1. The Balaban J connectivity index is 2.78. The van der Waals surface area contributed by atoms with Crippen molar-refractivity contribution in [2.75, 3.05) is 13.1 Å². The highest BCUT2D eigenvalue weighted by molar-refractivity contribution is 5.90. The van der Waals surface area contributed by atoms with Gasteiger partial charge in [-0.15, -0.1) is 0 Å². The zero-order chi connectivity index (χ0) is 15.2. The first-order valence-corrected chi connectivity index (χ1v) is 6.94. The Morgan fingerprint density at radius 1 is 1.35 bits per heavy atom. The van der Waals surface area contributed by atoms with Crippen LogP contribution >= 0.6 is 0 Å². The summed E-state index contributed by atoms with van der Waals surface area (Å²) in [5.74, 6) is -2.26. The number of carboxylic acids is 1. The zero-order valence-electron chi connectivity index (χ0n) is 11.8. The van der Waals surface area contributed by atoms with Gasteiger partial charge in [-0.3, -0.25) is 9.59 Å². The second kappa shape index (κ2) is 7.23. The minimum Gasteiger partial charge on any atom is -0.480 e. The maximum atomic E-state index is 12.5. The highest BCUT2D eigenvalue weighted by Gasteiger charge is 2.40. The Hall–Kier alpha value is -1.63. The molecule has 1 aliphatic rings. The van der Waals surface area contributed by atoms with Crippen molar-refractivity contribution >= 4 is 17.8 Å². The zero-order valence-corrected chi connectivity index (χ0v) is 11.8. The maximum Gasteiger partial charge on any atom is 0.326 e. The van der Waals surface area contributed by atoms with Crippen molar-refractivity contribution in [1.29, 1.82) is 0 Å². The molecule has 0 aromatic rings. The molecule has 1 saturated heterocycles. The van der Waals surface area contributed by atoms with E-state index in [0.717, 1.165) is 19.5 Å². The van der Waals surface area contributed by atoms with Gasteiger partial charge in [-0.05, 0) is 32.4 Å². The van der Waals surface area contributed by atoms with Crippen LogP contribution in [0.15, 0.2) is 0 Å². The average molecular weight is 285 g/mol. The molecular weight excluding hydrogens is 262 g/mol. The monoisotopic (exact) mass is 285 g/mol. The van der Waals surface area contributed by atoms with Crippen LogP contribution in [-0.2, 0) is 14.4 Å². The van der Waals surface area contributed by atoms with E-state index in [0.29, 0.717) is 19.3 Å².